The van der Waals surface area contributed by atoms with Gasteiger partial charge < -0.3 is 20.6 Å². The minimum atomic E-state index is -0.173. The highest BCUT2D eigenvalue weighted by Gasteiger charge is 2.30. The van der Waals surface area contributed by atoms with Crippen LogP contribution in [0.2, 0.25) is 0 Å². The molecule has 1 aliphatic rings. The van der Waals surface area contributed by atoms with Crippen molar-refractivity contribution in [1.29, 1.82) is 0 Å². The monoisotopic (exact) mass is 458 g/mol. The molecule has 6 heteroatoms. The molecule has 2 atom stereocenters. The highest BCUT2D eigenvalue weighted by Crippen LogP contribution is 2.27. The van der Waals surface area contributed by atoms with Crippen LogP contribution in [0.15, 0.2) is 35.3 Å². The Kier molecular flexibility index (Phi) is 11.2. The zero-order chi connectivity index (χ0) is 24.3. The molecule has 186 valence electrons. The van der Waals surface area contributed by atoms with Crippen LogP contribution in [-0.2, 0) is 4.79 Å². The van der Waals surface area contributed by atoms with Crippen molar-refractivity contribution >= 4 is 11.9 Å². The summed E-state index contributed by atoms with van der Waals surface area (Å²) in [5, 5.41) is 9.96. The number of aliphatic hydroxyl groups is 1. The first-order valence-electron chi connectivity index (χ1n) is 12.9. The molecular formula is C27H46N4O2. The summed E-state index contributed by atoms with van der Waals surface area (Å²) in [7, 11) is 0. The van der Waals surface area contributed by atoms with E-state index < -0.39 is 0 Å². The van der Waals surface area contributed by atoms with Gasteiger partial charge in [0.15, 0.2) is 5.96 Å². The quantitative estimate of drug-likeness (QED) is 0.254. The molecule has 1 amide bonds. The van der Waals surface area contributed by atoms with Gasteiger partial charge in [-0.15, -0.1) is 0 Å². The van der Waals surface area contributed by atoms with Gasteiger partial charge in [0.2, 0.25) is 5.91 Å². The molecule has 1 aromatic rings. The van der Waals surface area contributed by atoms with Gasteiger partial charge in [0, 0.05) is 19.6 Å². The number of hydrogen-bond donors (Lipinski definition) is 2. The van der Waals surface area contributed by atoms with Crippen LogP contribution in [0.3, 0.4) is 0 Å². The number of nitrogens with zero attached hydrogens (tertiary/aromatic N) is 3. The molecule has 1 saturated heterocycles. The molecule has 2 rings (SSSR count). The molecule has 33 heavy (non-hydrogen) atoms. The van der Waals surface area contributed by atoms with Gasteiger partial charge in [-0.05, 0) is 51.0 Å². The molecule has 0 radical (unpaired) electrons. The van der Waals surface area contributed by atoms with E-state index in [2.05, 4.69) is 20.8 Å². The fraction of sp³-hybridized carbons (Fsp3) is 0.704. The van der Waals surface area contributed by atoms with E-state index in [1.807, 2.05) is 42.2 Å². The van der Waals surface area contributed by atoms with Gasteiger partial charge in [-0.2, -0.15) is 0 Å². The second-order valence-electron chi connectivity index (χ2n) is 9.94. The predicted molar refractivity (Wildman–Crippen MR) is 137 cm³/mol. The SMILES string of the molecule is CCCCC(C)(CCCC)N=C(N)N(CO)CCC1CCN(C(=O)C(C)c2ccccc2)C1. The number of unbranched alkanes of at least 4 members (excludes halogenated alkanes) is 2. The van der Waals surface area contributed by atoms with Gasteiger partial charge in [-0.25, -0.2) is 4.99 Å². The maximum absolute atomic E-state index is 13.0. The number of carbonyl (C=O) groups excluding carboxylic acids is 1. The van der Waals surface area contributed by atoms with E-state index >= 15 is 0 Å². The lowest BCUT2D eigenvalue weighted by Crippen LogP contribution is -2.42. The lowest BCUT2D eigenvalue weighted by Gasteiger charge is -2.29. The Bertz CT molecular complexity index is 729. The van der Waals surface area contributed by atoms with Crippen LogP contribution in [0.5, 0.6) is 0 Å². The molecule has 0 bridgehead atoms. The first-order chi connectivity index (χ1) is 15.8. The zero-order valence-electron chi connectivity index (χ0n) is 21.3. The summed E-state index contributed by atoms with van der Waals surface area (Å²) >= 11 is 0. The van der Waals surface area contributed by atoms with Crippen LogP contribution >= 0.6 is 0 Å². The highest BCUT2D eigenvalue weighted by molar-refractivity contribution is 5.83. The number of nitrogens with two attached hydrogens (primary N) is 1. The van der Waals surface area contributed by atoms with Crippen molar-refractivity contribution in [2.75, 3.05) is 26.4 Å². The second kappa shape index (κ2) is 13.6. The number of likely N-dealkylation sites (tertiary alicyclic amines) is 1. The highest BCUT2D eigenvalue weighted by atomic mass is 16.3. The van der Waals surface area contributed by atoms with Crippen LogP contribution in [0.4, 0.5) is 0 Å². The maximum Gasteiger partial charge on any atom is 0.229 e. The van der Waals surface area contributed by atoms with Crippen molar-refractivity contribution in [3.63, 3.8) is 0 Å². The Morgan fingerprint density at radius 3 is 2.45 bits per heavy atom. The molecule has 0 aromatic heterocycles. The standard InChI is InChI=1S/C27H46N4O2/c1-5-7-16-27(4,17-8-6-2)29-26(28)31(21-32)19-15-23-14-18-30(20-23)25(33)22(3)24-12-10-9-11-13-24/h9-13,22-23,32H,5-8,14-21H2,1-4H3,(H2,28,29). The van der Waals surface area contributed by atoms with Crippen molar-refractivity contribution in [1.82, 2.24) is 9.80 Å². The first kappa shape index (κ1) is 27.2. The molecule has 1 aromatic carbocycles. The van der Waals surface area contributed by atoms with Gasteiger partial charge in [0.1, 0.15) is 6.73 Å². The molecule has 0 aliphatic carbocycles. The molecule has 1 aliphatic heterocycles. The number of rotatable bonds is 13. The molecule has 2 unspecified atom stereocenters. The largest absolute Gasteiger partial charge is 0.376 e. The lowest BCUT2D eigenvalue weighted by atomic mass is 9.90. The van der Waals surface area contributed by atoms with E-state index in [1.165, 1.54) is 0 Å². The number of guanidine groups is 1. The minimum Gasteiger partial charge on any atom is -0.376 e. The third-order valence-corrected chi connectivity index (χ3v) is 7.09. The number of aliphatic hydroxyl groups excluding tert-OH is 1. The Morgan fingerprint density at radius 2 is 1.88 bits per heavy atom. The number of benzene rings is 1. The van der Waals surface area contributed by atoms with E-state index in [4.69, 9.17) is 10.7 Å². The van der Waals surface area contributed by atoms with E-state index in [-0.39, 0.29) is 24.1 Å². The average Bonchev–Trinajstić information content (AvgIpc) is 3.30. The third-order valence-electron chi connectivity index (χ3n) is 7.09. The number of amides is 1. The normalized spacial score (nSPS) is 17.9. The van der Waals surface area contributed by atoms with Crippen molar-refractivity contribution in [2.45, 2.75) is 90.5 Å². The van der Waals surface area contributed by atoms with Crippen molar-refractivity contribution < 1.29 is 9.90 Å². The van der Waals surface area contributed by atoms with Crippen molar-refractivity contribution in [3.8, 4) is 0 Å². The van der Waals surface area contributed by atoms with Crippen LogP contribution in [-0.4, -0.2) is 58.7 Å². The number of hydrogen-bond acceptors (Lipinski definition) is 3. The molecule has 0 spiro atoms. The molecular weight excluding hydrogens is 412 g/mol. The number of aliphatic imine (C=N–C) groups is 1. The Balaban J connectivity index is 1.91. The lowest BCUT2D eigenvalue weighted by molar-refractivity contribution is -0.131. The Labute approximate surface area is 201 Å². The second-order valence-corrected chi connectivity index (χ2v) is 9.94. The summed E-state index contributed by atoms with van der Waals surface area (Å²) in [6, 6.07) is 9.98. The summed E-state index contributed by atoms with van der Waals surface area (Å²) in [6.45, 7) is 10.7. The maximum atomic E-state index is 13.0. The van der Waals surface area contributed by atoms with Crippen molar-refractivity contribution in [2.24, 2.45) is 16.6 Å². The van der Waals surface area contributed by atoms with E-state index in [9.17, 15) is 9.90 Å². The molecule has 0 saturated carbocycles. The van der Waals surface area contributed by atoms with Gasteiger partial charge in [-0.3, -0.25) is 4.79 Å². The van der Waals surface area contributed by atoms with Gasteiger partial charge >= 0.3 is 0 Å². The minimum absolute atomic E-state index is 0.120. The molecule has 1 heterocycles. The van der Waals surface area contributed by atoms with Crippen LogP contribution in [0.25, 0.3) is 0 Å². The fourth-order valence-electron chi connectivity index (χ4n) is 4.72. The van der Waals surface area contributed by atoms with Gasteiger partial charge in [0.25, 0.3) is 0 Å². The zero-order valence-corrected chi connectivity index (χ0v) is 21.3. The average molecular weight is 459 g/mol. The summed E-state index contributed by atoms with van der Waals surface area (Å²) < 4.78 is 0. The predicted octanol–water partition coefficient (Wildman–Crippen LogP) is 4.73. The molecule has 3 N–H and O–H groups in total. The van der Waals surface area contributed by atoms with Crippen LogP contribution in [0.1, 0.15) is 90.5 Å². The van der Waals surface area contributed by atoms with Crippen molar-refractivity contribution in [3.05, 3.63) is 35.9 Å². The van der Waals surface area contributed by atoms with Crippen LogP contribution in [0, 0.1) is 5.92 Å². The Hall–Kier alpha value is -2.08. The van der Waals surface area contributed by atoms with Gasteiger partial charge in [-0.1, -0.05) is 69.9 Å². The van der Waals surface area contributed by atoms with E-state index in [0.29, 0.717) is 18.4 Å². The number of carbonyl (C=O) groups is 1. The first-order valence-corrected chi connectivity index (χ1v) is 12.9. The molecule has 1 fully saturated rings. The Morgan fingerprint density at radius 1 is 1.24 bits per heavy atom. The van der Waals surface area contributed by atoms with E-state index in [1.54, 1.807) is 4.90 Å². The smallest absolute Gasteiger partial charge is 0.229 e. The van der Waals surface area contributed by atoms with Gasteiger partial charge in [0.05, 0.1) is 11.5 Å². The topological polar surface area (TPSA) is 82.2 Å². The summed E-state index contributed by atoms with van der Waals surface area (Å²) in [5.41, 5.74) is 7.27. The van der Waals surface area contributed by atoms with E-state index in [0.717, 1.165) is 70.0 Å². The summed E-state index contributed by atoms with van der Waals surface area (Å²) in [5.74, 6) is 0.943. The summed E-state index contributed by atoms with van der Waals surface area (Å²) in [6.07, 6.45) is 8.45. The summed E-state index contributed by atoms with van der Waals surface area (Å²) in [4.78, 5) is 21.6. The third kappa shape index (κ3) is 8.33. The van der Waals surface area contributed by atoms with Crippen LogP contribution < -0.4 is 5.73 Å². The fourth-order valence-corrected chi connectivity index (χ4v) is 4.72. The molecule has 6 nitrogen and oxygen atoms in total.